The van der Waals surface area contributed by atoms with E-state index in [0.717, 1.165) is 11.1 Å². The van der Waals surface area contributed by atoms with Crippen molar-refractivity contribution in [3.63, 3.8) is 0 Å². The van der Waals surface area contributed by atoms with E-state index >= 15 is 0 Å². The molecule has 0 aliphatic carbocycles. The van der Waals surface area contributed by atoms with Gasteiger partial charge in [0.1, 0.15) is 6.61 Å². The standard InChI is InChI=1S/C14H20N2O4S/c1-3-20-10-14(17)15-13-5-4-11-6-7-16(21(2,18)19)9-12(11)8-13/h4-5,8H,3,6-7,9-10H2,1-2H3,(H,15,17). The molecule has 0 atom stereocenters. The summed E-state index contributed by atoms with van der Waals surface area (Å²) in [6.45, 7) is 3.18. The van der Waals surface area contributed by atoms with Gasteiger partial charge in [-0.25, -0.2) is 8.42 Å². The molecule has 7 heteroatoms. The molecule has 0 bridgehead atoms. The van der Waals surface area contributed by atoms with Gasteiger partial charge in [-0.2, -0.15) is 4.31 Å². The number of sulfonamides is 1. The van der Waals surface area contributed by atoms with Gasteiger partial charge < -0.3 is 10.1 Å². The zero-order valence-corrected chi connectivity index (χ0v) is 13.1. The molecule has 0 radical (unpaired) electrons. The fourth-order valence-corrected chi connectivity index (χ4v) is 3.08. The van der Waals surface area contributed by atoms with Crippen LogP contribution in [0.5, 0.6) is 0 Å². The zero-order valence-electron chi connectivity index (χ0n) is 12.3. The molecule has 1 aliphatic rings. The Morgan fingerprint density at radius 3 is 2.81 bits per heavy atom. The first-order valence-corrected chi connectivity index (χ1v) is 8.69. The predicted molar refractivity (Wildman–Crippen MR) is 80.5 cm³/mol. The first-order valence-electron chi connectivity index (χ1n) is 6.84. The van der Waals surface area contributed by atoms with Crippen molar-refractivity contribution in [3.8, 4) is 0 Å². The summed E-state index contributed by atoms with van der Waals surface area (Å²) < 4.78 is 29.7. The van der Waals surface area contributed by atoms with Crippen molar-refractivity contribution in [1.29, 1.82) is 0 Å². The highest BCUT2D eigenvalue weighted by atomic mass is 32.2. The van der Waals surface area contributed by atoms with Crippen molar-refractivity contribution < 1.29 is 17.9 Å². The molecule has 1 aliphatic heterocycles. The summed E-state index contributed by atoms with van der Waals surface area (Å²) in [6, 6.07) is 5.60. The minimum Gasteiger partial charge on any atom is -0.372 e. The smallest absolute Gasteiger partial charge is 0.250 e. The molecule has 0 aromatic heterocycles. The van der Waals surface area contributed by atoms with E-state index in [-0.39, 0.29) is 12.5 Å². The Bertz CT molecular complexity index is 628. The molecule has 0 spiro atoms. The molecule has 1 amide bonds. The highest BCUT2D eigenvalue weighted by Crippen LogP contribution is 2.24. The normalized spacial score (nSPS) is 15.5. The average Bonchev–Trinajstić information content (AvgIpc) is 2.43. The largest absolute Gasteiger partial charge is 0.372 e. The number of ether oxygens (including phenoxy) is 1. The van der Waals surface area contributed by atoms with Crippen molar-refractivity contribution in [3.05, 3.63) is 29.3 Å². The lowest BCUT2D eigenvalue weighted by atomic mass is 10.0. The summed E-state index contributed by atoms with van der Waals surface area (Å²) in [5.74, 6) is -0.215. The highest BCUT2D eigenvalue weighted by molar-refractivity contribution is 7.88. The molecule has 6 nitrogen and oxygen atoms in total. The maximum absolute atomic E-state index is 11.6. The van der Waals surface area contributed by atoms with Crippen LogP contribution in [-0.4, -0.2) is 44.6 Å². The number of rotatable bonds is 5. The van der Waals surface area contributed by atoms with E-state index < -0.39 is 10.0 Å². The molecule has 0 saturated carbocycles. The van der Waals surface area contributed by atoms with E-state index in [0.29, 0.717) is 31.8 Å². The Labute approximate surface area is 125 Å². The van der Waals surface area contributed by atoms with Crippen LogP contribution in [0.2, 0.25) is 0 Å². The number of anilines is 1. The third-order valence-corrected chi connectivity index (χ3v) is 4.62. The van der Waals surface area contributed by atoms with Crippen LogP contribution in [0.25, 0.3) is 0 Å². The molecule has 0 fully saturated rings. The fourth-order valence-electron chi connectivity index (χ4n) is 2.28. The lowest BCUT2D eigenvalue weighted by molar-refractivity contribution is -0.120. The third kappa shape index (κ3) is 4.26. The SMILES string of the molecule is CCOCC(=O)Nc1ccc2c(c1)CN(S(C)(=O)=O)CC2. The Morgan fingerprint density at radius 2 is 2.14 bits per heavy atom. The molecular formula is C14H20N2O4S. The average molecular weight is 312 g/mol. The van der Waals surface area contributed by atoms with E-state index in [9.17, 15) is 13.2 Å². The van der Waals surface area contributed by atoms with Crippen LogP contribution in [0.4, 0.5) is 5.69 Å². The van der Waals surface area contributed by atoms with Crippen LogP contribution in [0.1, 0.15) is 18.1 Å². The van der Waals surface area contributed by atoms with E-state index in [2.05, 4.69) is 5.32 Å². The number of fused-ring (bicyclic) bond motifs is 1. The van der Waals surface area contributed by atoms with Crippen molar-refractivity contribution in [2.24, 2.45) is 0 Å². The predicted octanol–water partition coefficient (Wildman–Crippen LogP) is 0.979. The summed E-state index contributed by atoms with van der Waals surface area (Å²) in [6.07, 6.45) is 1.90. The third-order valence-electron chi connectivity index (χ3n) is 3.37. The number of benzene rings is 1. The van der Waals surface area contributed by atoms with Crippen LogP contribution in [0, 0.1) is 0 Å². The number of carbonyl (C=O) groups is 1. The molecule has 21 heavy (non-hydrogen) atoms. The zero-order chi connectivity index (χ0) is 15.5. The molecular weight excluding hydrogens is 292 g/mol. The molecule has 1 aromatic rings. The quantitative estimate of drug-likeness (QED) is 0.879. The number of carbonyl (C=O) groups excluding carboxylic acids is 1. The lowest BCUT2D eigenvalue weighted by Crippen LogP contribution is -2.35. The second kappa shape index (κ2) is 6.55. The van der Waals surface area contributed by atoms with Gasteiger partial charge in [-0.05, 0) is 36.6 Å². The van der Waals surface area contributed by atoms with Crippen LogP contribution in [-0.2, 0) is 32.5 Å². The number of hydrogen-bond acceptors (Lipinski definition) is 4. The molecule has 2 rings (SSSR count). The first kappa shape index (κ1) is 15.9. The second-order valence-electron chi connectivity index (χ2n) is 5.02. The van der Waals surface area contributed by atoms with E-state index in [1.807, 2.05) is 25.1 Å². The summed E-state index contributed by atoms with van der Waals surface area (Å²) in [5, 5.41) is 2.75. The van der Waals surface area contributed by atoms with Crippen molar-refractivity contribution in [2.75, 3.05) is 31.3 Å². The van der Waals surface area contributed by atoms with Crippen molar-refractivity contribution in [2.45, 2.75) is 19.9 Å². The second-order valence-corrected chi connectivity index (χ2v) is 7.00. The summed E-state index contributed by atoms with van der Waals surface area (Å²) in [7, 11) is -3.19. The Kier molecular flexibility index (Phi) is 4.97. The molecule has 1 N–H and O–H groups in total. The van der Waals surface area contributed by atoms with E-state index in [1.54, 1.807) is 0 Å². The number of amides is 1. The van der Waals surface area contributed by atoms with Gasteiger partial charge in [-0.1, -0.05) is 6.07 Å². The van der Waals surface area contributed by atoms with Crippen LogP contribution >= 0.6 is 0 Å². The molecule has 116 valence electrons. The fraction of sp³-hybridized carbons (Fsp3) is 0.500. The Hall–Kier alpha value is -1.44. The number of hydrogen-bond donors (Lipinski definition) is 1. The van der Waals surface area contributed by atoms with Gasteiger partial charge in [0, 0.05) is 25.4 Å². The Balaban J connectivity index is 2.10. The minimum atomic E-state index is -3.19. The molecule has 0 saturated heterocycles. The van der Waals surface area contributed by atoms with Gasteiger partial charge in [-0.15, -0.1) is 0 Å². The molecule has 1 aromatic carbocycles. The topological polar surface area (TPSA) is 75.7 Å². The first-order chi connectivity index (χ1) is 9.90. The van der Waals surface area contributed by atoms with Gasteiger partial charge in [0.2, 0.25) is 15.9 Å². The van der Waals surface area contributed by atoms with Gasteiger partial charge in [0.15, 0.2) is 0 Å². The summed E-state index contributed by atoms with van der Waals surface area (Å²) >= 11 is 0. The maximum Gasteiger partial charge on any atom is 0.250 e. The van der Waals surface area contributed by atoms with Gasteiger partial charge in [-0.3, -0.25) is 4.79 Å². The molecule has 0 unspecified atom stereocenters. The van der Waals surface area contributed by atoms with Gasteiger partial charge in [0.05, 0.1) is 6.26 Å². The van der Waals surface area contributed by atoms with Crippen LogP contribution in [0.15, 0.2) is 18.2 Å². The monoisotopic (exact) mass is 312 g/mol. The molecule has 1 heterocycles. The van der Waals surface area contributed by atoms with Crippen LogP contribution < -0.4 is 5.32 Å². The minimum absolute atomic E-state index is 0.0169. The van der Waals surface area contributed by atoms with E-state index in [4.69, 9.17) is 4.74 Å². The number of nitrogens with one attached hydrogen (secondary N) is 1. The van der Waals surface area contributed by atoms with E-state index in [1.165, 1.54) is 10.6 Å². The summed E-state index contributed by atoms with van der Waals surface area (Å²) in [5.41, 5.74) is 2.72. The highest BCUT2D eigenvalue weighted by Gasteiger charge is 2.23. The lowest BCUT2D eigenvalue weighted by Gasteiger charge is -2.27. The van der Waals surface area contributed by atoms with Crippen molar-refractivity contribution >= 4 is 21.6 Å². The number of nitrogens with zero attached hydrogens (tertiary/aromatic N) is 1. The van der Waals surface area contributed by atoms with Gasteiger partial charge in [0.25, 0.3) is 0 Å². The van der Waals surface area contributed by atoms with Crippen LogP contribution in [0.3, 0.4) is 0 Å². The Morgan fingerprint density at radius 1 is 1.38 bits per heavy atom. The summed E-state index contributed by atoms with van der Waals surface area (Å²) in [4.78, 5) is 11.6. The van der Waals surface area contributed by atoms with Gasteiger partial charge >= 0.3 is 0 Å². The van der Waals surface area contributed by atoms with Crippen molar-refractivity contribution in [1.82, 2.24) is 4.31 Å². The maximum atomic E-state index is 11.6.